The zero-order valence-corrected chi connectivity index (χ0v) is 21.9. The van der Waals surface area contributed by atoms with Crippen LogP contribution in [0.2, 0.25) is 0 Å². The van der Waals surface area contributed by atoms with E-state index >= 15 is 0 Å². The number of hydrogen-bond donors (Lipinski definition) is 1. The Balaban J connectivity index is 1.68. The molecule has 0 aromatic heterocycles. The van der Waals surface area contributed by atoms with Gasteiger partial charge in [-0.05, 0) is 79.6 Å². The van der Waals surface area contributed by atoms with Gasteiger partial charge in [0.2, 0.25) is 0 Å². The molecule has 1 aliphatic rings. The molecular weight excluding hydrogens is 486 g/mol. The van der Waals surface area contributed by atoms with E-state index in [1.807, 2.05) is 13.8 Å². The molecule has 0 saturated carbocycles. The van der Waals surface area contributed by atoms with Crippen molar-refractivity contribution in [3.05, 3.63) is 89.0 Å². The monoisotopic (exact) mass is 517 g/mol. The number of hydrogen-bond acceptors (Lipinski definition) is 7. The van der Waals surface area contributed by atoms with Crippen LogP contribution in [-0.2, 0) is 9.59 Å². The number of Topliss-reactive ketones (excluding diaryl/α,β-unsaturated/α-hetero) is 1. The largest absolute Gasteiger partial charge is 0.507 e. The molecule has 8 nitrogen and oxygen atoms in total. The summed E-state index contributed by atoms with van der Waals surface area (Å²) in [5.74, 6) is 0.935. The van der Waals surface area contributed by atoms with Gasteiger partial charge >= 0.3 is 0 Å². The van der Waals surface area contributed by atoms with Gasteiger partial charge in [0, 0.05) is 5.56 Å². The number of ketones is 1. The Morgan fingerprint density at radius 2 is 1.47 bits per heavy atom. The van der Waals surface area contributed by atoms with E-state index in [4.69, 9.17) is 18.9 Å². The van der Waals surface area contributed by atoms with E-state index in [2.05, 4.69) is 0 Å². The lowest BCUT2D eigenvalue weighted by Crippen LogP contribution is -2.33. The van der Waals surface area contributed by atoms with Gasteiger partial charge in [0.1, 0.15) is 35.4 Å². The highest BCUT2D eigenvalue weighted by molar-refractivity contribution is 6.46. The molecule has 1 amide bonds. The van der Waals surface area contributed by atoms with Crippen LogP contribution in [0, 0.1) is 6.92 Å². The number of carbonyl (C=O) groups excluding carboxylic acids is 2. The number of rotatable bonds is 10. The van der Waals surface area contributed by atoms with E-state index in [-0.39, 0.29) is 24.5 Å². The number of aliphatic hydroxyl groups excluding tert-OH is 1. The number of likely N-dealkylation sites (tertiary alicyclic amines) is 1. The lowest BCUT2D eigenvalue weighted by atomic mass is 9.94. The van der Waals surface area contributed by atoms with E-state index in [0.717, 1.165) is 5.56 Å². The van der Waals surface area contributed by atoms with Crippen LogP contribution < -0.4 is 18.9 Å². The fourth-order valence-corrected chi connectivity index (χ4v) is 4.45. The summed E-state index contributed by atoms with van der Waals surface area (Å²) >= 11 is 0. The summed E-state index contributed by atoms with van der Waals surface area (Å²) in [4.78, 5) is 27.9. The third-order valence-electron chi connectivity index (χ3n) is 6.38. The maximum absolute atomic E-state index is 13.3. The number of carbonyl (C=O) groups is 2. The van der Waals surface area contributed by atoms with Crippen molar-refractivity contribution in [2.24, 2.45) is 0 Å². The summed E-state index contributed by atoms with van der Waals surface area (Å²) in [6, 6.07) is 18.5. The molecule has 1 saturated heterocycles. The van der Waals surface area contributed by atoms with Gasteiger partial charge in [-0.3, -0.25) is 9.59 Å². The topological polar surface area (TPSA) is 94.5 Å². The Kier molecular flexibility index (Phi) is 8.21. The van der Waals surface area contributed by atoms with Crippen molar-refractivity contribution in [2.45, 2.75) is 19.9 Å². The predicted octanol–water partition coefficient (Wildman–Crippen LogP) is 4.91. The number of amides is 1. The maximum Gasteiger partial charge on any atom is 0.295 e. The summed E-state index contributed by atoms with van der Waals surface area (Å²) in [5, 5.41) is 11.3. The molecule has 0 radical (unpaired) electrons. The van der Waals surface area contributed by atoms with Gasteiger partial charge < -0.3 is 29.0 Å². The molecule has 1 N–H and O–H groups in total. The van der Waals surface area contributed by atoms with E-state index in [0.29, 0.717) is 40.7 Å². The van der Waals surface area contributed by atoms with E-state index < -0.39 is 17.7 Å². The second-order valence-corrected chi connectivity index (χ2v) is 8.70. The fraction of sp³-hybridized carbons (Fsp3) is 0.267. The first-order chi connectivity index (χ1) is 18.4. The van der Waals surface area contributed by atoms with Crippen molar-refractivity contribution >= 4 is 17.4 Å². The molecule has 0 bridgehead atoms. The number of ether oxygens (including phenoxy) is 4. The molecule has 3 aromatic carbocycles. The Morgan fingerprint density at radius 3 is 2.05 bits per heavy atom. The van der Waals surface area contributed by atoms with E-state index in [1.165, 1.54) is 4.90 Å². The quantitative estimate of drug-likeness (QED) is 0.232. The first kappa shape index (κ1) is 26.6. The molecule has 3 aromatic rings. The third kappa shape index (κ3) is 5.44. The lowest BCUT2D eigenvalue weighted by molar-refractivity contribution is -0.140. The van der Waals surface area contributed by atoms with E-state index in [1.54, 1.807) is 80.9 Å². The SMILES string of the molecule is CCOc1ccc(/C(O)=C2/C(=O)C(=O)N(CCOc3ccc(OC)cc3)C2c2ccc(OC)cc2)cc1C. The van der Waals surface area contributed by atoms with Crippen molar-refractivity contribution in [2.75, 3.05) is 34.0 Å². The first-order valence-corrected chi connectivity index (χ1v) is 12.3. The zero-order chi connectivity index (χ0) is 27.2. The molecule has 4 rings (SSSR count). The lowest BCUT2D eigenvalue weighted by Gasteiger charge is -2.25. The third-order valence-corrected chi connectivity index (χ3v) is 6.38. The fourth-order valence-electron chi connectivity index (χ4n) is 4.45. The highest BCUT2D eigenvalue weighted by Gasteiger charge is 2.46. The molecule has 1 aliphatic heterocycles. The summed E-state index contributed by atoms with van der Waals surface area (Å²) < 4.78 is 21.9. The Morgan fingerprint density at radius 1 is 0.868 bits per heavy atom. The van der Waals surface area contributed by atoms with Crippen LogP contribution >= 0.6 is 0 Å². The molecule has 1 unspecified atom stereocenters. The second-order valence-electron chi connectivity index (χ2n) is 8.70. The van der Waals surface area contributed by atoms with Gasteiger partial charge in [0.05, 0.1) is 39.0 Å². The highest BCUT2D eigenvalue weighted by atomic mass is 16.5. The van der Waals surface area contributed by atoms with Crippen molar-refractivity contribution in [3.63, 3.8) is 0 Å². The van der Waals surface area contributed by atoms with Crippen molar-refractivity contribution in [1.29, 1.82) is 0 Å². The molecule has 0 spiro atoms. The Hall–Kier alpha value is -4.46. The van der Waals surface area contributed by atoms with Crippen LogP contribution in [0.3, 0.4) is 0 Å². The molecule has 0 aliphatic carbocycles. The summed E-state index contributed by atoms with van der Waals surface area (Å²) in [5.41, 5.74) is 1.92. The molecule has 1 heterocycles. The average molecular weight is 518 g/mol. The molecular formula is C30H31NO7. The van der Waals surface area contributed by atoms with Crippen LogP contribution in [0.4, 0.5) is 0 Å². The highest BCUT2D eigenvalue weighted by Crippen LogP contribution is 2.40. The maximum atomic E-state index is 13.3. The van der Waals surface area contributed by atoms with Crippen LogP contribution in [-0.4, -0.2) is 55.7 Å². The number of nitrogens with zero attached hydrogens (tertiary/aromatic N) is 1. The summed E-state index contributed by atoms with van der Waals surface area (Å²) in [6.07, 6.45) is 0. The minimum Gasteiger partial charge on any atom is -0.507 e. The molecule has 198 valence electrons. The van der Waals surface area contributed by atoms with Crippen molar-refractivity contribution in [1.82, 2.24) is 4.90 Å². The Labute approximate surface area is 222 Å². The van der Waals surface area contributed by atoms with Gasteiger partial charge in [0.15, 0.2) is 0 Å². The molecule has 1 atom stereocenters. The molecule has 38 heavy (non-hydrogen) atoms. The van der Waals surface area contributed by atoms with Gasteiger partial charge in [-0.2, -0.15) is 0 Å². The van der Waals surface area contributed by atoms with E-state index in [9.17, 15) is 14.7 Å². The Bertz CT molecular complexity index is 1330. The average Bonchev–Trinajstić information content (AvgIpc) is 3.19. The number of methoxy groups -OCH3 is 2. The smallest absolute Gasteiger partial charge is 0.295 e. The van der Waals surface area contributed by atoms with Gasteiger partial charge in [-0.1, -0.05) is 12.1 Å². The van der Waals surface area contributed by atoms with Crippen LogP contribution in [0.5, 0.6) is 23.0 Å². The normalized spacial score (nSPS) is 16.4. The van der Waals surface area contributed by atoms with Gasteiger partial charge in [-0.15, -0.1) is 0 Å². The minimum atomic E-state index is -0.799. The van der Waals surface area contributed by atoms with Crippen molar-refractivity contribution in [3.8, 4) is 23.0 Å². The predicted molar refractivity (Wildman–Crippen MR) is 143 cm³/mol. The molecule has 8 heteroatoms. The first-order valence-electron chi connectivity index (χ1n) is 12.3. The van der Waals surface area contributed by atoms with Crippen molar-refractivity contribution < 1.29 is 33.6 Å². The summed E-state index contributed by atoms with van der Waals surface area (Å²) in [6.45, 7) is 4.54. The number of aryl methyl sites for hydroxylation is 1. The van der Waals surface area contributed by atoms with Crippen LogP contribution in [0.25, 0.3) is 5.76 Å². The van der Waals surface area contributed by atoms with Crippen LogP contribution in [0.1, 0.15) is 29.7 Å². The number of aliphatic hydroxyl groups is 1. The minimum absolute atomic E-state index is 0.0215. The van der Waals surface area contributed by atoms with Gasteiger partial charge in [0.25, 0.3) is 11.7 Å². The number of benzene rings is 3. The standard InChI is InChI=1S/C30H31NO7/c1-5-37-25-15-8-21(18-19(25)2)28(32)26-27(20-6-9-22(35-3)10-7-20)31(30(34)29(26)33)16-17-38-24-13-11-23(36-4)12-14-24/h6-15,18,27,32H,5,16-17H2,1-4H3/b28-26-. The second kappa shape index (κ2) is 11.7. The molecule has 1 fully saturated rings. The summed E-state index contributed by atoms with van der Waals surface area (Å²) in [7, 11) is 3.15. The zero-order valence-electron chi connectivity index (χ0n) is 21.9. The van der Waals surface area contributed by atoms with Gasteiger partial charge in [-0.25, -0.2) is 0 Å². The van der Waals surface area contributed by atoms with Crippen LogP contribution in [0.15, 0.2) is 72.3 Å².